The Bertz CT molecular complexity index is 421. The van der Waals surface area contributed by atoms with Crippen molar-refractivity contribution in [3.8, 4) is 0 Å². The SMILES string of the molecule is Cc1nc(CN(C)C(=O)CC(N)CC(C)(C)C)n[nH]1. The van der Waals surface area contributed by atoms with Gasteiger partial charge in [0.05, 0.1) is 6.54 Å². The quantitative estimate of drug-likeness (QED) is 0.839. The predicted octanol–water partition coefficient (Wildman–Crippen LogP) is 1.23. The van der Waals surface area contributed by atoms with Crippen LogP contribution < -0.4 is 5.73 Å². The molecule has 0 aliphatic rings. The number of H-pyrrole nitrogens is 1. The first kappa shape index (κ1) is 15.6. The zero-order valence-electron chi connectivity index (χ0n) is 12.5. The van der Waals surface area contributed by atoms with Crippen molar-refractivity contribution in [1.29, 1.82) is 0 Å². The van der Waals surface area contributed by atoms with Crippen molar-refractivity contribution in [2.24, 2.45) is 11.1 Å². The maximum absolute atomic E-state index is 12.0. The highest BCUT2D eigenvalue weighted by atomic mass is 16.2. The fourth-order valence-electron chi connectivity index (χ4n) is 2.00. The van der Waals surface area contributed by atoms with E-state index < -0.39 is 0 Å². The highest BCUT2D eigenvalue weighted by Crippen LogP contribution is 2.21. The lowest BCUT2D eigenvalue weighted by molar-refractivity contribution is -0.131. The van der Waals surface area contributed by atoms with Crippen molar-refractivity contribution >= 4 is 5.91 Å². The number of nitrogens with zero attached hydrogens (tertiary/aromatic N) is 3. The van der Waals surface area contributed by atoms with Crippen LogP contribution in [0.2, 0.25) is 0 Å². The first-order chi connectivity index (χ1) is 8.67. The van der Waals surface area contributed by atoms with Gasteiger partial charge in [0.25, 0.3) is 0 Å². The van der Waals surface area contributed by atoms with Crippen LogP contribution in [0.1, 0.15) is 45.3 Å². The summed E-state index contributed by atoms with van der Waals surface area (Å²) in [5.74, 6) is 1.40. The lowest BCUT2D eigenvalue weighted by atomic mass is 9.87. The van der Waals surface area contributed by atoms with Gasteiger partial charge in [-0.3, -0.25) is 9.89 Å². The fourth-order valence-corrected chi connectivity index (χ4v) is 2.00. The molecule has 3 N–H and O–H groups in total. The summed E-state index contributed by atoms with van der Waals surface area (Å²) in [6.07, 6.45) is 1.18. The van der Waals surface area contributed by atoms with Gasteiger partial charge >= 0.3 is 0 Å². The molecule has 1 aromatic rings. The number of aryl methyl sites for hydroxylation is 1. The zero-order chi connectivity index (χ0) is 14.6. The molecule has 1 unspecified atom stereocenters. The average molecular weight is 267 g/mol. The molecule has 1 atom stereocenters. The first-order valence-corrected chi connectivity index (χ1v) is 6.55. The van der Waals surface area contributed by atoms with Crippen LogP contribution in [-0.2, 0) is 11.3 Å². The van der Waals surface area contributed by atoms with Crippen molar-refractivity contribution in [2.45, 2.75) is 53.1 Å². The normalized spacial score (nSPS) is 13.4. The third-order valence-corrected chi connectivity index (χ3v) is 2.76. The van der Waals surface area contributed by atoms with Gasteiger partial charge in [0.15, 0.2) is 5.82 Å². The van der Waals surface area contributed by atoms with Crippen molar-refractivity contribution in [3.63, 3.8) is 0 Å². The molecule has 0 aromatic carbocycles. The minimum absolute atomic E-state index is 0.0270. The number of nitrogens with one attached hydrogen (secondary N) is 1. The van der Waals surface area contributed by atoms with Gasteiger partial charge in [-0.1, -0.05) is 20.8 Å². The van der Waals surface area contributed by atoms with Gasteiger partial charge in [0, 0.05) is 19.5 Å². The van der Waals surface area contributed by atoms with E-state index in [1.54, 1.807) is 11.9 Å². The maximum atomic E-state index is 12.0. The zero-order valence-corrected chi connectivity index (χ0v) is 12.5. The van der Waals surface area contributed by atoms with Gasteiger partial charge in [-0.25, -0.2) is 4.98 Å². The minimum atomic E-state index is -0.108. The van der Waals surface area contributed by atoms with Crippen molar-refractivity contribution in [1.82, 2.24) is 20.1 Å². The molecular formula is C13H25N5O. The molecule has 6 nitrogen and oxygen atoms in total. The molecule has 1 aromatic heterocycles. The van der Waals surface area contributed by atoms with Crippen LogP contribution in [0.15, 0.2) is 0 Å². The number of carbonyl (C=O) groups excluding carboxylic acids is 1. The van der Waals surface area contributed by atoms with Crippen LogP contribution in [0.4, 0.5) is 0 Å². The van der Waals surface area contributed by atoms with Crippen LogP contribution >= 0.6 is 0 Å². The molecule has 0 bridgehead atoms. The van der Waals surface area contributed by atoms with E-state index in [4.69, 9.17) is 5.73 Å². The molecule has 19 heavy (non-hydrogen) atoms. The molecule has 6 heteroatoms. The summed E-state index contributed by atoms with van der Waals surface area (Å²) in [6.45, 7) is 8.61. The standard InChI is InChI=1S/C13H25N5O/c1-9-15-11(17-16-9)8-18(5)12(19)6-10(14)7-13(2,3)4/h10H,6-8,14H2,1-5H3,(H,15,16,17). The third-order valence-electron chi connectivity index (χ3n) is 2.76. The molecule has 1 amide bonds. The van der Waals surface area contributed by atoms with Crippen LogP contribution in [0, 0.1) is 12.3 Å². The Hall–Kier alpha value is -1.43. The summed E-state index contributed by atoms with van der Waals surface area (Å²) < 4.78 is 0. The van der Waals surface area contributed by atoms with E-state index >= 15 is 0 Å². The minimum Gasteiger partial charge on any atom is -0.338 e. The first-order valence-electron chi connectivity index (χ1n) is 6.55. The molecule has 1 heterocycles. The number of hydrogen-bond donors (Lipinski definition) is 2. The van der Waals surface area contributed by atoms with Gasteiger partial charge in [0.1, 0.15) is 5.82 Å². The Morgan fingerprint density at radius 1 is 1.47 bits per heavy atom. The summed E-state index contributed by atoms with van der Waals surface area (Å²) in [7, 11) is 1.75. The van der Waals surface area contributed by atoms with E-state index in [0.717, 1.165) is 12.2 Å². The molecule has 0 radical (unpaired) electrons. The van der Waals surface area contributed by atoms with E-state index in [1.165, 1.54) is 0 Å². The molecule has 1 rings (SSSR count). The Balaban J connectivity index is 2.44. The molecule has 0 fully saturated rings. The van der Waals surface area contributed by atoms with Crippen LogP contribution in [-0.4, -0.2) is 39.1 Å². The number of hydrogen-bond acceptors (Lipinski definition) is 4. The monoisotopic (exact) mass is 267 g/mol. The summed E-state index contributed by atoms with van der Waals surface area (Å²) >= 11 is 0. The summed E-state index contributed by atoms with van der Waals surface area (Å²) in [4.78, 5) is 17.8. The van der Waals surface area contributed by atoms with Crippen molar-refractivity contribution < 1.29 is 4.79 Å². The average Bonchev–Trinajstić information content (AvgIpc) is 2.60. The molecule has 0 spiro atoms. The number of carbonyl (C=O) groups is 1. The van der Waals surface area contributed by atoms with E-state index in [-0.39, 0.29) is 17.4 Å². The Labute approximate surface area is 114 Å². The van der Waals surface area contributed by atoms with E-state index in [2.05, 4.69) is 36.0 Å². The number of aromatic nitrogens is 3. The largest absolute Gasteiger partial charge is 0.338 e. The maximum Gasteiger partial charge on any atom is 0.224 e. The Morgan fingerprint density at radius 3 is 2.58 bits per heavy atom. The van der Waals surface area contributed by atoms with E-state index in [1.807, 2.05) is 6.92 Å². The smallest absolute Gasteiger partial charge is 0.224 e. The predicted molar refractivity (Wildman–Crippen MR) is 74.3 cm³/mol. The number of amides is 1. The molecule has 0 aliphatic heterocycles. The second-order valence-corrected chi connectivity index (χ2v) is 6.32. The van der Waals surface area contributed by atoms with Gasteiger partial charge < -0.3 is 10.6 Å². The Morgan fingerprint density at radius 2 is 2.11 bits per heavy atom. The van der Waals surface area contributed by atoms with Gasteiger partial charge in [-0.05, 0) is 18.8 Å². The summed E-state index contributed by atoms with van der Waals surface area (Å²) in [6, 6.07) is -0.108. The van der Waals surface area contributed by atoms with E-state index in [9.17, 15) is 4.79 Å². The number of aromatic amines is 1. The molecule has 0 saturated heterocycles. The third kappa shape index (κ3) is 5.83. The molecule has 108 valence electrons. The van der Waals surface area contributed by atoms with Crippen LogP contribution in [0.25, 0.3) is 0 Å². The summed E-state index contributed by atoms with van der Waals surface area (Å²) in [5.41, 5.74) is 6.15. The molecular weight excluding hydrogens is 242 g/mol. The lowest BCUT2D eigenvalue weighted by Gasteiger charge is -2.24. The van der Waals surface area contributed by atoms with Crippen LogP contribution in [0.5, 0.6) is 0 Å². The fraction of sp³-hybridized carbons (Fsp3) is 0.769. The van der Waals surface area contributed by atoms with Crippen molar-refractivity contribution in [3.05, 3.63) is 11.6 Å². The number of nitrogens with two attached hydrogens (primary N) is 1. The van der Waals surface area contributed by atoms with Gasteiger partial charge in [-0.15, -0.1) is 0 Å². The lowest BCUT2D eigenvalue weighted by Crippen LogP contribution is -2.35. The topological polar surface area (TPSA) is 87.9 Å². The number of rotatable bonds is 5. The second-order valence-electron chi connectivity index (χ2n) is 6.32. The van der Waals surface area contributed by atoms with E-state index in [0.29, 0.717) is 18.8 Å². The molecule has 0 aliphatic carbocycles. The summed E-state index contributed by atoms with van der Waals surface area (Å²) in [5, 5.41) is 6.78. The highest BCUT2D eigenvalue weighted by molar-refractivity contribution is 5.76. The van der Waals surface area contributed by atoms with Crippen LogP contribution in [0.3, 0.4) is 0 Å². The second kappa shape index (κ2) is 6.14. The van der Waals surface area contributed by atoms with Gasteiger partial charge in [-0.2, -0.15) is 5.10 Å². The Kier molecular flexibility index (Phi) is 5.05. The molecule has 0 saturated carbocycles. The van der Waals surface area contributed by atoms with Crippen molar-refractivity contribution in [2.75, 3.05) is 7.05 Å². The highest BCUT2D eigenvalue weighted by Gasteiger charge is 2.20. The van der Waals surface area contributed by atoms with Gasteiger partial charge in [0.2, 0.25) is 5.91 Å².